The maximum Gasteiger partial charge on any atom is 0.329 e. The first kappa shape index (κ1) is 23.2. The maximum absolute atomic E-state index is 12.4. The van der Waals surface area contributed by atoms with Crippen LogP contribution in [-0.2, 0) is 14.3 Å². The highest BCUT2D eigenvalue weighted by atomic mass is 32.2. The molecule has 2 rings (SSSR count). The smallest absolute Gasteiger partial charge is 0.329 e. The number of esters is 1. The molecule has 0 aliphatic rings. The topological polar surface area (TPSA) is 102 Å². The molecule has 2 amide bonds. The molecule has 0 bridgehead atoms. The molecule has 0 heterocycles. The van der Waals surface area contributed by atoms with E-state index in [-0.39, 0.29) is 11.7 Å². The van der Waals surface area contributed by atoms with Crippen molar-refractivity contribution in [2.24, 2.45) is 0 Å². The van der Waals surface area contributed by atoms with Crippen molar-refractivity contribution in [1.82, 2.24) is 5.32 Å². The molecule has 0 radical (unpaired) electrons. The molecule has 0 spiro atoms. The number of amides is 2. The molecule has 0 aliphatic carbocycles. The first-order chi connectivity index (χ1) is 14.4. The Morgan fingerprint density at radius 1 is 0.967 bits per heavy atom. The third-order valence-corrected chi connectivity index (χ3v) is 4.80. The third-order valence-electron chi connectivity index (χ3n) is 4.16. The summed E-state index contributed by atoms with van der Waals surface area (Å²) in [6.45, 7) is 0.974. The quantitative estimate of drug-likeness (QED) is 0.446. The van der Waals surface area contributed by atoms with Gasteiger partial charge in [0.1, 0.15) is 6.04 Å². The van der Waals surface area contributed by atoms with Crippen molar-refractivity contribution in [3.05, 3.63) is 65.7 Å². The molecule has 0 fully saturated rings. The fraction of sp³-hybridized carbons (Fsp3) is 0.273. The number of Topliss-reactive ketones (excluding diaryl/α,β-unsaturated/α-hetero) is 1. The summed E-state index contributed by atoms with van der Waals surface area (Å²) < 4.78 is 5.10. The number of carbonyl (C=O) groups is 4. The lowest BCUT2D eigenvalue weighted by Gasteiger charge is -2.17. The molecule has 2 aromatic carbocycles. The van der Waals surface area contributed by atoms with Crippen LogP contribution in [0.1, 0.15) is 34.1 Å². The largest absolute Gasteiger partial charge is 0.454 e. The number of thioether (sulfide) groups is 1. The molecule has 8 heteroatoms. The second-order valence-electron chi connectivity index (χ2n) is 6.46. The minimum Gasteiger partial charge on any atom is -0.454 e. The van der Waals surface area contributed by atoms with Crippen LogP contribution < -0.4 is 10.6 Å². The van der Waals surface area contributed by atoms with E-state index in [9.17, 15) is 19.2 Å². The fourth-order valence-electron chi connectivity index (χ4n) is 2.54. The van der Waals surface area contributed by atoms with Crippen molar-refractivity contribution in [3.63, 3.8) is 0 Å². The van der Waals surface area contributed by atoms with Crippen molar-refractivity contribution < 1.29 is 23.9 Å². The number of carbonyl (C=O) groups excluding carboxylic acids is 4. The lowest BCUT2D eigenvalue weighted by Crippen LogP contribution is -2.43. The summed E-state index contributed by atoms with van der Waals surface area (Å²) in [5.41, 5.74) is 1.45. The van der Waals surface area contributed by atoms with Crippen LogP contribution in [0.15, 0.2) is 54.6 Å². The lowest BCUT2D eigenvalue weighted by molar-refractivity contribution is -0.149. The Morgan fingerprint density at radius 2 is 1.63 bits per heavy atom. The zero-order valence-electron chi connectivity index (χ0n) is 16.8. The summed E-state index contributed by atoms with van der Waals surface area (Å²) in [5, 5.41) is 5.26. The van der Waals surface area contributed by atoms with Gasteiger partial charge in [-0.15, -0.1) is 0 Å². The highest BCUT2D eigenvalue weighted by molar-refractivity contribution is 7.98. The van der Waals surface area contributed by atoms with Crippen LogP contribution in [0.4, 0.5) is 5.69 Å². The molecule has 7 nitrogen and oxygen atoms in total. The van der Waals surface area contributed by atoms with Gasteiger partial charge >= 0.3 is 5.97 Å². The summed E-state index contributed by atoms with van der Waals surface area (Å²) in [5.74, 6) is -1.000. The minimum atomic E-state index is -0.854. The standard InChI is InChI=1S/C22H24N2O5S/c1-15(25)16-8-10-18(11-9-16)23-20(26)14-29-22(28)19(12-13-30-2)24-21(27)17-6-4-3-5-7-17/h3-11,19H,12-14H2,1-2H3,(H,23,26)(H,24,27)/t19-/m1/s1. The van der Waals surface area contributed by atoms with E-state index in [4.69, 9.17) is 4.74 Å². The Morgan fingerprint density at radius 3 is 2.23 bits per heavy atom. The van der Waals surface area contributed by atoms with Crippen LogP contribution in [0.5, 0.6) is 0 Å². The Bertz CT molecular complexity index is 884. The molecular formula is C22H24N2O5S. The van der Waals surface area contributed by atoms with E-state index in [0.717, 1.165) is 0 Å². The molecule has 30 heavy (non-hydrogen) atoms. The van der Waals surface area contributed by atoms with Gasteiger partial charge in [0.2, 0.25) is 0 Å². The molecule has 0 aromatic heterocycles. The van der Waals surface area contributed by atoms with Crippen molar-refractivity contribution in [2.45, 2.75) is 19.4 Å². The fourth-order valence-corrected chi connectivity index (χ4v) is 3.01. The summed E-state index contributed by atoms with van der Waals surface area (Å²) in [4.78, 5) is 48.1. The Hall–Kier alpha value is -3.13. The summed E-state index contributed by atoms with van der Waals surface area (Å²) in [6, 6.07) is 14.1. The normalized spacial score (nSPS) is 11.3. The number of hydrogen-bond donors (Lipinski definition) is 2. The van der Waals surface area contributed by atoms with Gasteiger partial charge in [-0.1, -0.05) is 18.2 Å². The van der Waals surface area contributed by atoms with Gasteiger partial charge < -0.3 is 15.4 Å². The Labute approximate surface area is 179 Å². The number of ketones is 1. The van der Waals surface area contributed by atoms with Gasteiger partial charge in [-0.25, -0.2) is 4.79 Å². The predicted molar refractivity (Wildman–Crippen MR) is 117 cm³/mol. The third kappa shape index (κ3) is 7.36. The Balaban J connectivity index is 1.90. The van der Waals surface area contributed by atoms with Crippen LogP contribution in [0.3, 0.4) is 0 Å². The Kier molecular flexibility index (Phi) is 9.08. The van der Waals surface area contributed by atoms with Gasteiger partial charge in [0.05, 0.1) is 0 Å². The SMILES string of the molecule is CSCC[C@@H](NC(=O)c1ccccc1)C(=O)OCC(=O)Nc1ccc(C(C)=O)cc1. The van der Waals surface area contributed by atoms with Crippen molar-refractivity contribution in [2.75, 3.05) is 23.9 Å². The number of rotatable bonds is 10. The van der Waals surface area contributed by atoms with Crippen LogP contribution >= 0.6 is 11.8 Å². The van der Waals surface area contributed by atoms with E-state index in [2.05, 4.69) is 10.6 Å². The molecule has 2 N–H and O–H groups in total. The number of anilines is 1. The first-order valence-corrected chi connectivity index (χ1v) is 10.7. The van der Waals surface area contributed by atoms with Gasteiger partial charge in [0, 0.05) is 16.8 Å². The van der Waals surface area contributed by atoms with Crippen molar-refractivity contribution in [1.29, 1.82) is 0 Å². The minimum absolute atomic E-state index is 0.0735. The monoisotopic (exact) mass is 428 g/mol. The molecular weight excluding hydrogens is 404 g/mol. The summed E-state index contributed by atoms with van der Waals surface area (Å²) >= 11 is 1.54. The van der Waals surface area contributed by atoms with E-state index in [1.165, 1.54) is 18.7 Å². The van der Waals surface area contributed by atoms with Gasteiger partial charge in [0.25, 0.3) is 11.8 Å². The molecule has 158 valence electrons. The van der Waals surface area contributed by atoms with Gasteiger partial charge in [-0.05, 0) is 61.8 Å². The van der Waals surface area contributed by atoms with E-state index in [1.54, 1.807) is 54.6 Å². The number of benzene rings is 2. The van der Waals surface area contributed by atoms with Gasteiger partial charge in [-0.2, -0.15) is 11.8 Å². The molecule has 1 atom stereocenters. The second-order valence-corrected chi connectivity index (χ2v) is 7.45. The average Bonchev–Trinajstić information content (AvgIpc) is 2.75. The molecule has 0 saturated carbocycles. The summed E-state index contributed by atoms with van der Waals surface area (Å²) in [6.07, 6.45) is 2.28. The number of hydrogen-bond acceptors (Lipinski definition) is 6. The summed E-state index contributed by atoms with van der Waals surface area (Å²) in [7, 11) is 0. The zero-order valence-corrected chi connectivity index (χ0v) is 17.7. The molecule has 0 aliphatic heterocycles. The van der Waals surface area contributed by atoms with E-state index >= 15 is 0 Å². The van der Waals surface area contributed by atoms with Crippen LogP contribution in [0.25, 0.3) is 0 Å². The lowest BCUT2D eigenvalue weighted by atomic mass is 10.1. The van der Waals surface area contributed by atoms with E-state index < -0.39 is 24.5 Å². The highest BCUT2D eigenvalue weighted by Crippen LogP contribution is 2.10. The second kappa shape index (κ2) is 11.8. The zero-order chi connectivity index (χ0) is 21.9. The highest BCUT2D eigenvalue weighted by Gasteiger charge is 2.23. The van der Waals surface area contributed by atoms with Crippen LogP contribution in [0, 0.1) is 0 Å². The molecule has 2 aromatic rings. The first-order valence-electron chi connectivity index (χ1n) is 9.33. The van der Waals surface area contributed by atoms with E-state index in [1.807, 2.05) is 6.26 Å². The predicted octanol–water partition coefficient (Wildman–Crippen LogP) is 2.92. The van der Waals surface area contributed by atoms with Crippen LogP contribution in [-0.4, -0.2) is 48.2 Å². The van der Waals surface area contributed by atoms with E-state index in [0.29, 0.717) is 29.0 Å². The van der Waals surface area contributed by atoms with Crippen molar-refractivity contribution in [3.8, 4) is 0 Å². The van der Waals surface area contributed by atoms with Gasteiger partial charge in [0.15, 0.2) is 12.4 Å². The molecule has 0 saturated heterocycles. The maximum atomic E-state index is 12.4. The van der Waals surface area contributed by atoms with Gasteiger partial charge in [-0.3, -0.25) is 14.4 Å². The van der Waals surface area contributed by atoms with Crippen LogP contribution in [0.2, 0.25) is 0 Å². The number of nitrogens with one attached hydrogen (secondary N) is 2. The number of ether oxygens (including phenoxy) is 1. The van der Waals surface area contributed by atoms with Crippen molar-refractivity contribution >= 4 is 41.0 Å². The average molecular weight is 429 g/mol. The molecule has 0 unspecified atom stereocenters.